The zero-order valence-corrected chi connectivity index (χ0v) is 22.1. The lowest BCUT2D eigenvalue weighted by Gasteiger charge is -2.19. The fourth-order valence-electron chi connectivity index (χ4n) is 3.75. The van der Waals surface area contributed by atoms with Crippen molar-refractivity contribution in [2.24, 2.45) is 0 Å². The Morgan fingerprint density at radius 3 is 2.41 bits per heavy atom. The van der Waals surface area contributed by atoms with Gasteiger partial charge in [0.15, 0.2) is 0 Å². The van der Waals surface area contributed by atoms with Gasteiger partial charge in [-0.25, -0.2) is 9.78 Å². The summed E-state index contributed by atoms with van der Waals surface area (Å²) in [5.41, 5.74) is 1.91. The van der Waals surface area contributed by atoms with Crippen LogP contribution in [0.2, 0.25) is 0 Å². The van der Waals surface area contributed by atoms with E-state index in [2.05, 4.69) is 31.1 Å². The third-order valence-electron chi connectivity index (χ3n) is 5.78. The molecule has 0 bridgehead atoms. The molecule has 2 aromatic carbocycles. The number of ether oxygens (including phenoxy) is 2. The molecule has 1 N–H and O–H groups in total. The van der Waals surface area contributed by atoms with Crippen LogP contribution in [0.5, 0.6) is 5.75 Å². The highest BCUT2D eigenvalue weighted by Crippen LogP contribution is 2.27. The van der Waals surface area contributed by atoms with Crippen molar-refractivity contribution in [1.82, 2.24) is 9.55 Å². The third kappa shape index (κ3) is 6.24. The molecule has 0 spiro atoms. The van der Waals surface area contributed by atoms with Crippen LogP contribution in [-0.4, -0.2) is 34.6 Å². The number of nitrogens with zero attached hydrogens (tertiary/aromatic N) is 2. The van der Waals surface area contributed by atoms with Gasteiger partial charge < -0.3 is 14.8 Å². The second-order valence-corrected chi connectivity index (χ2v) is 10.6. The average molecular weight is 520 g/mol. The second kappa shape index (κ2) is 11.0. The Hall–Kier alpha value is -3.98. The molecule has 2 aromatic heterocycles. The first-order chi connectivity index (χ1) is 17.6. The maximum Gasteiger partial charge on any atom is 0.348 e. The Bertz CT molecular complexity index is 1470. The van der Waals surface area contributed by atoms with Crippen molar-refractivity contribution in [3.63, 3.8) is 0 Å². The average Bonchev–Trinajstić information content (AvgIpc) is 3.21. The van der Waals surface area contributed by atoms with Crippen LogP contribution in [0.1, 0.15) is 41.6 Å². The Labute approximate surface area is 218 Å². The van der Waals surface area contributed by atoms with Gasteiger partial charge in [-0.05, 0) is 47.7 Å². The molecule has 0 aliphatic carbocycles. The number of aromatic nitrogens is 2. The summed E-state index contributed by atoms with van der Waals surface area (Å²) in [6.45, 7) is 8.11. The lowest BCUT2D eigenvalue weighted by atomic mass is 9.87. The van der Waals surface area contributed by atoms with Gasteiger partial charge in [0.1, 0.15) is 35.2 Å². The largest absolute Gasteiger partial charge is 0.490 e. The van der Waals surface area contributed by atoms with Crippen molar-refractivity contribution in [2.45, 2.75) is 39.7 Å². The first kappa shape index (κ1) is 26.1. The Morgan fingerprint density at radius 2 is 1.73 bits per heavy atom. The maximum atomic E-state index is 13.1. The van der Waals surface area contributed by atoms with Crippen molar-refractivity contribution >= 4 is 39.1 Å². The number of amides is 1. The van der Waals surface area contributed by atoms with Gasteiger partial charge in [-0.2, -0.15) is 0 Å². The normalized spacial score (nSPS) is 11.4. The summed E-state index contributed by atoms with van der Waals surface area (Å²) in [5.74, 6) is -0.204. The number of carbonyl (C=O) groups excluding carboxylic acids is 2. The van der Waals surface area contributed by atoms with Crippen LogP contribution in [0.25, 0.3) is 10.2 Å². The molecule has 9 heteroatoms. The smallest absolute Gasteiger partial charge is 0.348 e. The van der Waals surface area contributed by atoms with Gasteiger partial charge in [0.25, 0.3) is 5.56 Å². The predicted molar refractivity (Wildman–Crippen MR) is 145 cm³/mol. The molecule has 8 nitrogen and oxygen atoms in total. The van der Waals surface area contributed by atoms with E-state index in [0.29, 0.717) is 32.1 Å². The van der Waals surface area contributed by atoms with Crippen LogP contribution < -0.4 is 15.6 Å². The number of thiophene rings is 1. The first-order valence-electron chi connectivity index (χ1n) is 11.9. The van der Waals surface area contributed by atoms with Gasteiger partial charge in [0.2, 0.25) is 5.91 Å². The van der Waals surface area contributed by atoms with Gasteiger partial charge in [0.05, 0.1) is 11.7 Å². The number of hydrogen-bond donors (Lipinski definition) is 1. The van der Waals surface area contributed by atoms with E-state index in [1.807, 2.05) is 54.6 Å². The van der Waals surface area contributed by atoms with Crippen molar-refractivity contribution in [3.05, 3.63) is 87.3 Å². The zero-order valence-electron chi connectivity index (χ0n) is 21.2. The number of esters is 1. The van der Waals surface area contributed by atoms with E-state index in [0.717, 1.165) is 16.9 Å². The fourth-order valence-corrected chi connectivity index (χ4v) is 4.78. The van der Waals surface area contributed by atoms with E-state index >= 15 is 0 Å². The lowest BCUT2D eigenvalue weighted by molar-refractivity contribution is -0.116. The Kier molecular flexibility index (Phi) is 7.73. The summed E-state index contributed by atoms with van der Waals surface area (Å²) in [7, 11) is 0. The molecule has 4 rings (SSSR count). The van der Waals surface area contributed by atoms with Crippen molar-refractivity contribution in [2.75, 3.05) is 18.5 Å². The van der Waals surface area contributed by atoms with Crippen LogP contribution in [0.15, 0.2) is 65.7 Å². The third-order valence-corrected chi connectivity index (χ3v) is 6.96. The number of benzene rings is 2. The predicted octanol–water partition coefficient (Wildman–Crippen LogP) is 4.94. The van der Waals surface area contributed by atoms with Gasteiger partial charge in [-0.1, -0.05) is 51.1 Å². The topological polar surface area (TPSA) is 99.5 Å². The number of aryl methyl sites for hydroxylation is 1. The van der Waals surface area contributed by atoms with Crippen LogP contribution in [-0.2, 0) is 21.5 Å². The van der Waals surface area contributed by atoms with Gasteiger partial charge >= 0.3 is 5.97 Å². The molecule has 37 heavy (non-hydrogen) atoms. The minimum absolute atomic E-state index is 0.0105. The van der Waals surface area contributed by atoms with E-state index in [1.165, 1.54) is 10.9 Å². The highest BCUT2D eigenvalue weighted by molar-refractivity contribution is 7.20. The molecule has 192 valence electrons. The molecular formula is C28H29N3O5S. The Morgan fingerprint density at radius 1 is 1.03 bits per heavy atom. The maximum absolute atomic E-state index is 13.1. The molecule has 0 aliphatic heterocycles. The number of hydrogen-bond acceptors (Lipinski definition) is 7. The highest BCUT2D eigenvalue weighted by atomic mass is 32.1. The molecule has 0 unspecified atom stereocenters. The molecule has 0 saturated carbocycles. The number of anilines is 1. The number of para-hydroxylation sites is 1. The summed E-state index contributed by atoms with van der Waals surface area (Å²) in [6, 6.07) is 16.9. The van der Waals surface area contributed by atoms with E-state index in [1.54, 1.807) is 6.92 Å². The first-order valence-corrected chi connectivity index (χ1v) is 12.7. The van der Waals surface area contributed by atoms with Crippen molar-refractivity contribution < 1.29 is 19.1 Å². The van der Waals surface area contributed by atoms with Crippen LogP contribution in [0, 0.1) is 6.92 Å². The molecule has 0 radical (unpaired) electrons. The van der Waals surface area contributed by atoms with Crippen LogP contribution >= 0.6 is 11.3 Å². The van der Waals surface area contributed by atoms with Gasteiger partial charge in [0, 0.05) is 5.69 Å². The number of nitrogens with one attached hydrogen (secondary N) is 1. The van der Waals surface area contributed by atoms with Crippen LogP contribution in [0.4, 0.5) is 5.69 Å². The SMILES string of the molecule is Cc1c(C(=O)OCCOc2ccccc2)sc2ncn(CC(=O)Nc3ccc(C(C)(C)C)cc3)c(=O)c12. The molecule has 0 saturated heterocycles. The molecule has 0 fully saturated rings. The van der Waals surface area contributed by atoms with Crippen molar-refractivity contribution in [3.8, 4) is 5.75 Å². The fraction of sp³-hybridized carbons (Fsp3) is 0.286. The quantitative estimate of drug-likeness (QED) is 0.262. The minimum Gasteiger partial charge on any atom is -0.490 e. The van der Waals surface area contributed by atoms with E-state index in [4.69, 9.17) is 9.47 Å². The van der Waals surface area contributed by atoms with E-state index in [9.17, 15) is 14.4 Å². The van der Waals surface area contributed by atoms with Gasteiger partial charge in [-0.15, -0.1) is 11.3 Å². The molecule has 0 aliphatic rings. The highest BCUT2D eigenvalue weighted by Gasteiger charge is 2.21. The van der Waals surface area contributed by atoms with Gasteiger partial charge in [-0.3, -0.25) is 14.2 Å². The summed E-state index contributed by atoms with van der Waals surface area (Å²) in [6.07, 6.45) is 1.33. The number of carbonyl (C=O) groups is 2. The number of rotatable bonds is 8. The molecule has 1 amide bonds. The second-order valence-electron chi connectivity index (χ2n) is 9.59. The molecule has 2 heterocycles. The lowest BCUT2D eigenvalue weighted by Crippen LogP contribution is -2.28. The van der Waals surface area contributed by atoms with Crippen LogP contribution in [0.3, 0.4) is 0 Å². The minimum atomic E-state index is -0.542. The summed E-state index contributed by atoms with van der Waals surface area (Å²) < 4.78 is 12.1. The monoisotopic (exact) mass is 519 g/mol. The molecule has 4 aromatic rings. The molecular weight excluding hydrogens is 490 g/mol. The van der Waals surface area contributed by atoms with Crippen molar-refractivity contribution in [1.29, 1.82) is 0 Å². The standard InChI is InChI=1S/C28H29N3O5S/c1-18-23-25(37-24(18)27(34)36-15-14-35-21-8-6-5-7-9-21)29-17-31(26(23)33)16-22(32)30-20-12-10-19(11-13-20)28(2,3)4/h5-13,17H,14-16H2,1-4H3,(H,30,32). The summed E-state index contributed by atoms with van der Waals surface area (Å²) >= 11 is 1.09. The zero-order chi connectivity index (χ0) is 26.6. The summed E-state index contributed by atoms with van der Waals surface area (Å²) in [5, 5.41) is 3.12. The Balaban J connectivity index is 1.41. The number of fused-ring (bicyclic) bond motifs is 1. The summed E-state index contributed by atoms with van der Waals surface area (Å²) in [4.78, 5) is 43.4. The van der Waals surface area contributed by atoms with E-state index < -0.39 is 5.97 Å². The van der Waals surface area contributed by atoms with E-state index in [-0.39, 0.29) is 36.6 Å². The molecule has 0 atom stereocenters.